The van der Waals surface area contributed by atoms with Gasteiger partial charge in [-0.3, -0.25) is 4.79 Å². The minimum atomic E-state index is 0.163. The van der Waals surface area contributed by atoms with E-state index < -0.39 is 0 Å². The van der Waals surface area contributed by atoms with Crippen LogP contribution in [0.4, 0.5) is 0 Å². The molecular weight excluding hydrogens is 284 g/mol. The SMILES string of the molecule is O=C(CBr)Cc1ccc(CCl)c(S)c1. The molecule has 0 aliphatic rings. The summed E-state index contributed by atoms with van der Waals surface area (Å²) in [7, 11) is 0. The third kappa shape index (κ3) is 3.30. The molecule has 0 aromatic heterocycles. The fourth-order valence-corrected chi connectivity index (χ4v) is 1.95. The van der Waals surface area contributed by atoms with Crippen LogP contribution >= 0.6 is 40.2 Å². The Balaban J connectivity index is 2.81. The third-order valence-corrected chi connectivity index (χ3v) is 3.17. The van der Waals surface area contributed by atoms with Gasteiger partial charge in [0.05, 0.1) is 5.33 Å². The summed E-state index contributed by atoms with van der Waals surface area (Å²) in [6, 6.07) is 5.71. The fraction of sp³-hybridized carbons (Fsp3) is 0.300. The van der Waals surface area contributed by atoms with E-state index in [1.165, 1.54) is 0 Å². The minimum absolute atomic E-state index is 0.163. The van der Waals surface area contributed by atoms with Crippen LogP contribution in [0.1, 0.15) is 11.1 Å². The van der Waals surface area contributed by atoms with Gasteiger partial charge in [0.15, 0.2) is 0 Å². The molecule has 0 saturated carbocycles. The fourth-order valence-electron chi connectivity index (χ4n) is 1.11. The summed E-state index contributed by atoms with van der Waals surface area (Å²) >= 11 is 13.1. The molecule has 0 atom stereocenters. The first-order valence-corrected chi connectivity index (χ1v) is 6.22. The van der Waals surface area contributed by atoms with E-state index in [4.69, 9.17) is 11.6 Å². The van der Waals surface area contributed by atoms with Crippen molar-refractivity contribution in [1.29, 1.82) is 0 Å². The lowest BCUT2D eigenvalue weighted by atomic mass is 10.1. The summed E-state index contributed by atoms with van der Waals surface area (Å²) in [4.78, 5) is 12.0. The van der Waals surface area contributed by atoms with Gasteiger partial charge in [-0.1, -0.05) is 28.1 Å². The van der Waals surface area contributed by atoms with E-state index in [1.807, 2.05) is 18.2 Å². The van der Waals surface area contributed by atoms with Crippen molar-refractivity contribution < 1.29 is 4.79 Å². The number of rotatable bonds is 4. The van der Waals surface area contributed by atoms with Crippen molar-refractivity contribution in [3.05, 3.63) is 29.3 Å². The number of carbonyl (C=O) groups excluding carboxylic acids is 1. The summed E-state index contributed by atoms with van der Waals surface area (Å²) in [5.74, 6) is 0.613. The Bertz CT molecular complexity index is 341. The van der Waals surface area contributed by atoms with Gasteiger partial charge in [0, 0.05) is 17.2 Å². The number of carbonyl (C=O) groups is 1. The number of ketones is 1. The van der Waals surface area contributed by atoms with Crippen molar-refractivity contribution in [3.63, 3.8) is 0 Å². The molecule has 0 amide bonds. The van der Waals surface area contributed by atoms with Crippen LogP contribution in [-0.4, -0.2) is 11.1 Å². The van der Waals surface area contributed by atoms with Gasteiger partial charge in [-0.15, -0.1) is 24.2 Å². The van der Waals surface area contributed by atoms with Crippen LogP contribution in [0.15, 0.2) is 23.1 Å². The van der Waals surface area contributed by atoms with Gasteiger partial charge in [0.25, 0.3) is 0 Å². The van der Waals surface area contributed by atoms with E-state index in [9.17, 15) is 4.79 Å². The van der Waals surface area contributed by atoms with Gasteiger partial charge in [0.2, 0.25) is 0 Å². The number of hydrogen-bond acceptors (Lipinski definition) is 2. The summed E-state index contributed by atoms with van der Waals surface area (Å²) < 4.78 is 0. The Morgan fingerprint density at radius 3 is 2.71 bits per heavy atom. The van der Waals surface area contributed by atoms with Gasteiger partial charge < -0.3 is 0 Å². The summed E-state index contributed by atoms with van der Waals surface area (Å²) in [5, 5.41) is 0.395. The molecule has 76 valence electrons. The molecule has 1 nitrogen and oxygen atoms in total. The molecular formula is C10H10BrClOS. The molecule has 1 rings (SSSR count). The van der Waals surface area contributed by atoms with E-state index >= 15 is 0 Å². The van der Waals surface area contributed by atoms with Crippen LogP contribution < -0.4 is 0 Å². The van der Waals surface area contributed by atoms with Gasteiger partial charge >= 0.3 is 0 Å². The topological polar surface area (TPSA) is 17.1 Å². The first-order valence-electron chi connectivity index (χ1n) is 4.11. The number of thiol groups is 1. The first kappa shape index (κ1) is 12.1. The maximum Gasteiger partial charge on any atom is 0.147 e. The predicted molar refractivity (Wildman–Crippen MR) is 65.8 cm³/mol. The van der Waals surface area contributed by atoms with E-state index in [2.05, 4.69) is 28.6 Å². The Labute approximate surface area is 102 Å². The Kier molecular flexibility index (Phi) is 4.99. The van der Waals surface area contributed by atoms with E-state index in [1.54, 1.807) is 0 Å². The molecule has 1 aromatic carbocycles. The Morgan fingerprint density at radius 1 is 1.50 bits per heavy atom. The molecule has 0 bridgehead atoms. The van der Waals surface area contributed by atoms with E-state index in [-0.39, 0.29) is 5.78 Å². The minimum Gasteiger partial charge on any atom is -0.298 e. The maximum absolute atomic E-state index is 11.1. The van der Waals surface area contributed by atoms with Crippen LogP contribution in [0, 0.1) is 0 Å². The highest BCUT2D eigenvalue weighted by molar-refractivity contribution is 9.09. The number of benzene rings is 1. The van der Waals surface area contributed by atoms with Crippen molar-refractivity contribution in [3.8, 4) is 0 Å². The second-order valence-electron chi connectivity index (χ2n) is 2.95. The Hall–Kier alpha value is 0.01000. The van der Waals surface area contributed by atoms with Crippen LogP contribution in [0.3, 0.4) is 0 Å². The highest BCUT2D eigenvalue weighted by Gasteiger charge is 2.04. The lowest BCUT2D eigenvalue weighted by Crippen LogP contribution is -2.03. The number of Topliss-reactive ketones (excluding diaryl/α,β-unsaturated/α-hetero) is 1. The summed E-state index contributed by atoms with van der Waals surface area (Å²) in [6.45, 7) is 0. The second kappa shape index (κ2) is 5.79. The van der Waals surface area contributed by atoms with Gasteiger partial charge in [-0.2, -0.15) is 0 Å². The molecule has 14 heavy (non-hydrogen) atoms. The Morgan fingerprint density at radius 2 is 2.21 bits per heavy atom. The highest BCUT2D eigenvalue weighted by atomic mass is 79.9. The van der Waals surface area contributed by atoms with Crippen LogP contribution in [0.2, 0.25) is 0 Å². The molecule has 0 spiro atoms. The molecule has 0 aliphatic carbocycles. The average molecular weight is 294 g/mol. The standard InChI is InChI=1S/C10H10BrClOS/c11-5-9(13)3-7-1-2-8(6-12)10(14)4-7/h1-2,4,14H,3,5-6H2. The first-order chi connectivity index (χ1) is 6.67. The summed E-state index contributed by atoms with van der Waals surface area (Å²) in [6.07, 6.45) is 0.446. The van der Waals surface area contributed by atoms with E-state index in [0.29, 0.717) is 17.6 Å². The molecule has 0 unspecified atom stereocenters. The molecule has 0 N–H and O–H groups in total. The van der Waals surface area contributed by atoms with Crippen molar-refractivity contribution in [2.45, 2.75) is 17.2 Å². The van der Waals surface area contributed by atoms with Crippen molar-refractivity contribution in [1.82, 2.24) is 0 Å². The van der Waals surface area contributed by atoms with Gasteiger partial charge in [-0.05, 0) is 17.2 Å². The maximum atomic E-state index is 11.1. The molecule has 0 aliphatic heterocycles. The molecule has 0 saturated heterocycles. The van der Waals surface area contributed by atoms with Gasteiger partial charge in [0.1, 0.15) is 5.78 Å². The van der Waals surface area contributed by atoms with Gasteiger partial charge in [-0.25, -0.2) is 0 Å². The number of hydrogen-bond donors (Lipinski definition) is 1. The van der Waals surface area contributed by atoms with Crippen LogP contribution in [0.5, 0.6) is 0 Å². The van der Waals surface area contributed by atoms with Crippen molar-refractivity contribution in [2.24, 2.45) is 0 Å². The number of halogens is 2. The molecule has 1 aromatic rings. The zero-order valence-corrected chi connectivity index (χ0v) is 10.7. The largest absolute Gasteiger partial charge is 0.298 e. The third-order valence-electron chi connectivity index (χ3n) is 1.84. The van der Waals surface area contributed by atoms with Crippen LogP contribution in [-0.2, 0) is 17.1 Å². The molecule has 0 radical (unpaired) electrons. The number of alkyl halides is 2. The van der Waals surface area contributed by atoms with E-state index in [0.717, 1.165) is 16.0 Å². The smallest absolute Gasteiger partial charge is 0.147 e. The second-order valence-corrected chi connectivity index (χ2v) is 4.26. The molecule has 4 heteroatoms. The highest BCUT2D eigenvalue weighted by Crippen LogP contribution is 2.18. The predicted octanol–water partition coefficient (Wildman–Crippen LogP) is 3.22. The monoisotopic (exact) mass is 292 g/mol. The average Bonchev–Trinajstić information content (AvgIpc) is 2.18. The quantitative estimate of drug-likeness (QED) is 0.666. The lowest BCUT2D eigenvalue weighted by molar-refractivity contribution is -0.115. The van der Waals surface area contributed by atoms with Crippen LogP contribution in [0.25, 0.3) is 0 Å². The summed E-state index contributed by atoms with van der Waals surface area (Å²) in [5.41, 5.74) is 1.97. The molecule has 0 heterocycles. The zero-order valence-electron chi connectivity index (χ0n) is 7.46. The normalized spacial score (nSPS) is 10.2. The lowest BCUT2D eigenvalue weighted by Gasteiger charge is -2.04. The zero-order chi connectivity index (χ0) is 10.6. The van der Waals surface area contributed by atoms with Crippen molar-refractivity contribution >= 4 is 45.9 Å². The molecule has 0 fully saturated rings. The van der Waals surface area contributed by atoms with Crippen molar-refractivity contribution in [2.75, 3.05) is 5.33 Å².